The van der Waals surface area contributed by atoms with E-state index < -0.39 is 0 Å². The normalized spacial score (nSPS) is 11.9. The highest BCUT2D eigenvalue weighted by atomic mass is 32.1. The van der Waals surface area contributed by atoms with Gasteiger partial charge in [-0.3, -0.25) is 0 Å². The molecule has 13 aromatic rings. The molecule has 3 heterocycles. The molecule has 290 valence electrons. The first kappa shape index (κ1) is 34.9. The van der Waals surface area contributed by atoms with Gasteiger partial charge in [-0.05, 0) is 107 Å². The summed E-state index contributed by atoms with van der Waals surface area (Å²) in [5.41, 5.74) is 13.3. The second kappa shape index (κ2) is 13.8. The van der Waals surface area contributed by atoms with E-state index in [0.29, 0.717) is 0 Å². The average Bonchev–Trinajstić information content (AvgIpc) is 4.03. The summed E-state index contributed by atoms with van der Waals surface area (Å²) in [5, 5.41) is 9.62. The van der Waals surface area contributed by atoms with Gasteiger partial charge in [-0.1, -0.05) is 140 Å². The van der Waals surface area contributed by atoms with Crippen molar-refractivity contribution in [3.63, 3.8) is 0 Å². The minimum Gasteiger partial charge on any atom is -0.455 e. The maximum absolute atomic E-state index is 6.72. The van der Waals surface area contributed by atoms with Gasteiger partial charge in [0.1, 0.15) is 11.2 Å². The van der Waals surface area contributed by atoms with Crippen LogP contribution in [0.2, 0.25) is 0 Å². The lowest BCUT2D eigenvalue weighted by Crippen LogP contribution is -2.10. The molecular weight excluding hydrogens is 773 g/mol. The maximum Gasteiger partial charge on any atom is 0.143 e. The summed E-state index contributed by atoms with van der Waals surface area (Å²) in [5.74, 6) is 0. The number of hydrogen-bond donors (Lipinski definition) is 0. The number of hydrogen-bond acceptors (Lipinski definition) is 3. The van der Waals surface area contributed by atoms with Crippen LogP contribution in [-0.4, -0.2) is 4.57 Å². The van der Waals surface area contributed by atoms with Gasteiger partial charge in [-0.25, -0.2) is 0 Å². The van der Waals surface area contributed by atoms with Crippen LogP contribution in [0.25, 0.3) is 103 Å². The van der Waals surface area contributed by atoms with E-state index in [1.807, 2.05) is 11.3 Å². The zero-order chi connectivity index (χ0) is 40.7. The first-order valence-electron chi connectivity index (χ1n) is 21.1. The van der Waals surface area contributed by atoms with Crippen LogP contribution in [0.1, 0.15) is 0 Å². The van der Waals surface area contributed by atoms with Crippen molar-refractivity contribution in [2.75, 3.05) is 4.90 Å². The standard InChI is InChI=1S/C58H36N2OS/c1-2-15-45-38(12-1)30-35-49-57-52(22-11-23-53(57)61-58(45)49)59(42-33-28-39(29-34-42)44-19-10-25-55-56(44)48-18-5-8-24-54(48)62-55)41-31-26-37(27-32-41)40-13-9-14-43(36-40)60-50-20-6-3-16-46(50)47-17-4-7-21-51(47)60/h1-36H. The van der Waals surface area contributed by atoms with Crippen LogP contribution in [-0.2, 0) is 0 Å². The lowest BCUT2D eigenvalue weighted by atomic mass is 9.98. The Morgan fingerprint density at radius 3 is 1.81 bits per heavy atom. The number of aromatic nitrogens is 1. The van der Waals surface area contributed by atoms with Gasteiger partial charge in [0, 0.05) is 58.8 Å². The second-order valence-corrected chi connectivity index (χ2v) is 17.1. The van der Waals surface area contributed by atoms with E-state index in [9.17, 15) is 0 Å². The molecule has 0 aliphatic rings. The zero-order valence-electron chi connectivity index (χ0n) is 33.5. The quantitative estimate of drug-likeness (QED) is 0.167. The van der Waals surface area contributed by atoms with E-state index in [1.165, 1.54) is 58.5 Å². The lowest BCUT2D eigenvalue weighted by Gasteiger charge is -2.26. The summed E-state index contributed by atoms with van der Waals surface area (Å²) in [4.78, 5) is 2.38. The predicted molar refractivity (Wildman–Crippen MR) is 264 cm³/mol. The van der Waals surface area contributed by atoms with Crippen molar-refractivity contribution in [2.45, 2.75) is 0 Å². The van der Waals surface area contributed by atoms with Gasteiger partial charge < -0.3 is 13.9 Å². The first-order valence-corrected chi connectivity index (χ1v) is 21.9. The number of para-hydroxylation sites is 2. The van der Waals surface area contributed by atoms with Crippen LogP contribution < -0.4 is 4.90 Å². The summed E-state index contributed by atoms with van der Waals surface area (Å²) in [6.45, 7) is 0. The van der Waals surface area contributed by atoms with E-state index in [0.717, 1.165) is 61.2 Å². The minimum atomic E-state index is 0.866. The van der Waals surface area contributed by atoms with Gasteiger partial charge in [-0.2, -0.15) is 0 Å². The minimum absolute atomic E-state index is 0.866. The Morgan fingerprint density at radius 2 is 1.03 bits per heavy atom. The van der Waals surface area contributed by atoms with Gasteiger partial charge in [0.15, 0.2) is 0 Å². The van der Waals surface area contributed by atoms with E-state index >= 15 is 0 Å². The van der Waals surface area contributed by atoms with Crippen LogP contribution in [0, 0.1) is 0 Å². The molecule has 0 fully saturated rings. The summed E-state index contributed by atoms with van der Waals surface area (Å²) in [7, 11) is 0. The Balaban J connectivity index is 0.955. The SMILES string of the molecule is c1cc(-c2ccc(N(c3ccc(-c4cccc5sc6ccccc6c45)cc3)c3cccc4oc5c6ccccc6ccc5c34)cc2)cc(-n2c3ccccc3c3ccccc32)c1. The number of nitrogens with zero attached hydrogens (tertiary/aromatic N) is 2. The van der Waals surface area contributed by atoms with E-state index in [-0.39, 0.29) is 0 Å². The van der Waals surface area contributed by atoms with Crippen molar-refractivity contribution in [1.29, 1.82) is 0 Å². The zero-order valence-corrected chi connectivity index (χ0v) is 34.3. The fourth-order valence-corrected chi connectivity index (χ4v) is 10.9. The number of thiophene rings is 1. The van der Waals surface area contributed by atoms with E-state index in [2.05, 4.69) is 228 Å². The van der Waals surface area contributed by atoms with Crippen LogP contribution >= 0.6 is 11.3 Å². The summed E-state index contributed by atoms with van der Waals surface area (Å²) < 4.78 is 11.7. The third kappa shape index (κ3) is 5.37. The molecule has 13 rings (SSSR count). The van der Waals surface area contributed by atoms with Crippen molar-refractivity contribution < 1.29 is 4.42 Å². The lowest BCUT2D eigenvalue weighted by molar-refractivity contribution is 0.672. The van der Waals surface area contributed by atoms with Gasteiger partial charge in [0.25, 0.3) is 0 Å². The largest absolute Gasteiger partial charge is 0.455 e. The fourth-order valence-electron chi connectivity index (χ4n) is 9.78. The smallest absolute Gasteiger partial charge is 0.143 e. The highest BCUT2D eigenvalue weighted by molar-refractivity contribution is 7.25. The van der Waals surface area contributed by atoms with Gasteiger partial charge in [0.2, 0.25) is 0 Å². The van der Waals surface area contributed by atoms with E-state index in [1.54, 1.807) is 0 Å². The van der Waals surface area contributed by atoms with Crippen molar-refractivity contribution in [3.05, 3.63) is 218 Å². The molecule has 0 saturated heterocycles. The summed E-state index contributed by atoms with van der Waals surface area (Å²) >= 11 is 1.86. The summed E-state index contributed by atoms with van der Waals surface area (Å²) in [6, 6.07) is 79.1. The molecule has 0 aliphatic heterocycles. The molecule has 62 heavy (non-hydrogen) atoms. The Bertz CT molecular complexity index is 3820. The molecule has 0 aliphatic carbocycles. The molecule has 0 amide bonds. The van der Waals surface area contributed by atoms with Crippen molar-refractivity contribution in [2.24, 2.45) is 0 Å². The van der Waals surface area contributed by atoms with Crippen LogP contribution in [0.15, 0.2) is 223 Å². The van der Waals surface area contributed by atoms with Gasteiger partial charge in [0.05, 0.1) is 22.1 Å². The second-order valence-electron chi connectivity index (χ2n) is 16.0. The Hall–Kier alpha value is -7.92. The van der Waals surface area contributed by atoms with Crippen molar-refractivity contribution >= 4 is 103 Å². The molecule has 3 aromatic heterocycles. The number of benzene rings is 10. The molecule has 10 aromatic carbocycles. The van der Waals surface area contributed by atoms with Gasteiger partial charge >= 0.3 is 0 Å². The van der Waals surface area contributed by atoms with Crippen LogP contribution in [0.3, 0.4) is 0 Å². The first-order chi connectivity index (χ1) is 30.7. The molecule has 0 saturated carbocycles. The molecule has 4 heteroatoms. The number of furan rings is 1. The Morgan fingerprint density at radius 1 is 0.403 bits per heavy atom. The molecule has 0 atom stereocenters. The highest BCUT2D eigenvalue weighted by Crippen LogP contribution is 2.46. The average molecular weight is 809 g/mol. The van der Waals surface area contributed by atoms with Crippen LogP contribution in [0.5, 0.6) is 0 Å². The Kier molecular flexibility index (Phi) is 7.78. The van der Waals surface area contributed by atoms with E-state index in [4.69, 9.17) is 4.42 Å². The Labute approximate surface area is 361 Å². The molecule has 0 unspecified atom stereocenters. The molecule has 3 nitrogen and oxygen atoms in total. The third-order valence-electron chi connectivity index (χ3n) is 12.6. The summed E-state index contributed by atoms with van der Waals surface area (Å²) in [6.07, 6.45) is 0. The molecule has 0 bridgehead atoms. The van der Waals surface area contributed by atoms with Crippen molar-refractivity contribution in [1.82, 2.24) is 4.57 Å². The monoisotopic (exact) mass is 808 g/mol. The molecule has 0 spiro atoms. The molecule has 0 N–H and O–H groups in total. The number of rotatable bonds is 6. The number of fused-ring (bicyclic) bond motifs is 11. The third-order valence-corrected chi connectivity index (χ3v) is 13.7. The maximum atomic E-state index is 6.72. The van der Waals surface area contributed by atoms with Crippen molar-refractivity contribution in [3.8, 4) is 27.9 Å². The topological polar surface area (TPSA) is 21.3 Å². The highest BCUT2D eigenvalue weighted by Gasteiger charge is 2.21. The number of anilines is 3. The molecule has 0 radical (unpaired) electrons. The fraction of sp³-hybridized carbons (Fsp3) is 0. The predicted octanol–water partition coefficient (Wildman–Crippen LogP) is 17.0. The van der Waals surface area contributed by atoms with Crippen LogP contribution in [0.4, 0.5) is 17.1 Å². The van der Waals surface area contributed by atoms with Gasteiger partial charge in [-0.15, -0.1) is 11.3 Å². The molecular formula is C58H36N2OS.